The highest BCUT2D eigenvalue weighted by molar-refractivity contribution is 5.68. The quantitative estimate of drug-likeness (QED) is 0.0880. The lowest BCUT2D eigenvalue weighted by atomic mass is 10.1. The second-order valence-corrected chi connectivity index (χ2v) is 11.1. The zero-order valence-corrected chi connectivity index (χ0v) is 27.3. The minimum absolute atomic E-state index is 0.300. The number of rotatable bonds is 13. The zero-order chi connectivity index (χ0) is 33.2. The lowest BCUT2D eigenvalue weighted by Crippen LogP contribution is -2.31. The summed E-state index contributed by atoms with van der Waals surface area (Å²) < 4.78 is 28.8. The second-order valence-electron chi connectivity index (χ2n) is 11.1. The molecule has 2 N–H and O–H groups in total. The van der Waals surface area contributed by atoms with Crippen LogP contribution in [0.15, 0.2) is 103 Å². The van der Waals surface area contributed by atoms with Crippen LogP contribution in [0.3, 0.4) is 0 Å². The first-order chi connectivity index (χ1) is 21.6. The van der Waals surface area contributed by atoms with Crippen LogP contribution in [-0.4, -0.2) is 47.3 Å². The Labute approximate surface area is 268 Å². The summed E-state index contributed by atoms with van der Waals surface area (Å²) in [7, 11) is 0. The Kier molecular flexibility index (Phi) is 16.1. The predicted octanol–water partition coefficient (Wildman–Crippen LogP) is 8.13. The van der Waals surface area contributed by atoms with Gasteiger partial charge in [-0.05, 0) is 100 Å². The summed E-state index contributed by atoms with van der Waals surface area (Å²) >= 11 is 0. The number of benzene rings is 2. The van der Waals surface area contributed by atoms with Gasteiger partial charge in [0.2, 0.25) is 6.41 Å². The summed E-state index contributed by atoms with van der Waals surface area (Å²) in [4.78, 5) is 12.8. The Morgan fingerprint density at radius 3 is 2.18 bits per heavy atom. The van der Waals surface area contributed by atoms with Crippen molar-refractivity contribution in [3.05, 3.63) is 115 Å². The van der Waals surface area contributed by atoms with Crippen LogP contribution in [0, 0.1) is 17.6 Å². The first-order valence-corrected chi connectivity index (χ1v) is 15.5. The van der Waals surface area contributed by atoms with Gasteiger partial charge < -0.3 is 15.5 Å². The number of hydrogen-bond acceptors (Lipinski definition) is 4. The molecule has 6 nitrogen and oxygen atoms in total. The fourth-order valence-electron chi connectivity index (χ4n) is 4.77. The van der Waals surface area contributed by atoms with E-state index in [1.165, 1.54) is 42.8 Å². The molecule has 242 valence electrons. The molecule has 2 aromatic carbocycles. The van der Waals surface area contributed by atoms with Crippen LogP contribution in [0.4, 0.5) is 8.78 Å². The Bertz CT molecular complexity index is 1390. The molecule has 1 unspecified atom stereocenters. The topological polar surface area (TPSA) is 62.2 Å². The second kappa shape index (κ2) is 19.7. The molecule has 0 spiro atoms. The van der Waals surface area contributed by atoms with Crippen molar-refractivity contribution in [3.63, 3.8) is 0 Å². The van der Waals surface area contributed by atoms with Crippen LogP contribution in [0.1, 0.15) is 47.0 Å². The van der Waals surface area contributed by atoms with E-state index in [-0.39, 0.29) is 11.6 Å². The summed E-state index contributed by atoms with van der Waals surface area (Å²) in [5.74, 6) is 0.260. The van der Waals surface area contributed by atoms with E-state index in [9.17, 15) is 13.6 Å². The van der Waals surface area contributed by atoms with Crippen LogP contribution >= 0.6 is 0 Å². The van der Waals surface area contributed by atoms with Crippen LogP contribution in [0.5, 0.6) is 0 Å². The van der Waals surface area contributed by atoms with Crippen molar-refractivity contribution in [1.82, 2.24) is 25.3 Å². The highest BCUT2D eigenvalue weighted by atomic mass is 19.1. The SMILES string of the molecule is C=C(C=C(C)C)N(CCCn1nc(-c2ccc(F)cc2)cc1-c1ccc(F)cc1)CCNC=O.C=C1CC(CC)CN1.C=CC. The van der Waals surface area contributed by atoms with E-state index < -0.39 is 0 Å². The van der Waals surface area contributed by atoms with E-state index in [2.05, 4.69) is 42.2 Å². The molecule has 0 radical (unpaired) electrons. The molecule has 0 aliphatic carbocycles. The molecule has 1 atom stereocenters. The van der Waals surface area contributed by atoms with Crippen molar-refractivity contribution >= 4 is 6.41 Å². The Morgan fingerprint density at radius 2 is 1.69 bits per heavy atom. The predicted molar refractivity (Wildman–Crippen MR) is 183 cm³/mol. The van der Waals surface area contributed by atoms with E-state index in [0.29, 0.717) is 26.0 Å². The Hall–Kier alpha value is -4.46. The number of carbonyl (C=O) groups is 1. The summed E-state index contributed by atoms with van der Waals surface area (Å²) in [6.07, 6.45) is 7.71. The minimum Gasteiger partial charge on any atom is -0.389 e. The number of aryl methyl sites for hydroxylation is 1. The summed E-state index contributed by atoms with van der Waals surface area (Å²) in [6.45, 7) is 23.2. The van der Waals surface area contributed by atoms with Gasteiger partial charge >= 0.3 is 0 Å². The van der Waals surface area contributed by atoms with Gasteiger partial charge in [-0.1, -0.05) is 38.2 Å². The van der Waals surface area contributed by atoms with Gasteiger partial charge in [-0.15, -0.1) is 6.58 Å². The molecule has 1 amide bonds. The Balaban J connectivity index is 0.000000542. The molecule has 1 aromatic heterocycles. The van der Waals surface area contributed by atoms with E-state index in [1.54, 1.807) is 30.3 Å². The molecule has 0 bridgehead atoms. The minimum atomic E-state index is -0.303. The average Bonchev–Trinajstić information content (AvgIpc) is 3.64. The van der Waals surface area contributed by atoms with Crippen molar-refractivity contribution in [2.45, 2.75) is 53.5 Å². The van der Waals surface area contributed by atoms with Gasteiger partial charge in [-0.25, -0.2) is 8.78 Å². The van der Waals surface area contributed by atoms with Crippen LogP contribution in [-0.2, 0) is 11.3 Å². The van der Waals surface area contributed by atoms with Gasteiger partial charge in [-0.3, -0.25) is 9.48 Å². The van der Waals surface area contributed by atoms with Gasteiger partial charge in [0, 0.05) is 55.2 Å². The third-order valence-electron chi connectivity index (χ3n) is 7.08. The van der Waals surface area contributed by atoms with E-state index in [1.807, 2.05) is 37.6 Å². The molecule has 0 saturated carbocycles. The van der Waals surface area contributed by atoms with E-state index >= 15 is 0 Å². The number of aromatic nitrogens is 2. The van der Waals surface area contributed by atoms with Crippen molar-refractivity contribution in [1.29, 1.82) is 0 Å². The van der Waals surface area contributed by atoms with Crippen molar-refractivity contribution in [2.75, 3.05) is 26.2 Å². The molecular formula is C37H49F2N5O. The monoisotopic (exact) mass is 617 g/mol. The molecule has 8 heteroatoms. The Morgan fingerprint density at radius 1 is 1.09 bits per heavy atom. The highest BCUT2D eigenvalue weighted by Crippen LogP contribution is 2.27. The molecule has 3 aromatic rings. The maximum atomic E-state index is 13.5. The van der Waals surface area contributed by atoms with Gasteiger partial charge in [0.05, 0.1) is 11.4 Å². The first-order valence-electron chi connectivity index (χ1n) is 15.5. The average molecular weight is 618 g/mol. The number of nitrogens with one attached hydrogen (secondary N) is 2. The summed E-state index contributed by atoms with van der Waals surface area (Å²) in [5.41, 5.74) is 6.49. The summed E-state index contributed by atoms with van der Waals surface area (Å²) in [5, 5.41) is 10.7. The van der Waals surface area contributed by atoms with Crippen LogP contribution in [0.2, 0.25) is 0 Å². The largest absolute Gasteiger partial charge is 0.389 e. The maximum absolute atomic E-state index is 13.5. The molecule has 4 rings (SSSR count). The number of halogens is 2. The fourth-order valence-corrected chi connectivity index (χ4v) is 4.77. The normalized spacial score (nSPS) is 13.3. The van der Waals surface area contributed by atoms with E-state index in [4.69, 9.17) is 5.10 Å². The molecule has 45 heavy (non-hydrogen) atoms. The van der Waals surface area contributed by atoms with Gasteiger partial charge in [0.25, 0.3) is 0 Å². The lowest BCUT2D eigenvalue weighted by molar-refractivity contribution is -0.109. The highest BCUT2D eigenvalue weighted by Gasteiger charge is 2.15. The number of amides is 1. The smallest absolute Gasteiger partial charge is 0.207 e. The number of carbonyl (C=O) groups excluding carboxylic acids is 1. The van der Waals surface area contributed by atoms with Crippen molar-refractivity contribution < 1.29 is 13.6 Å². The molecule has 1 fully saturated rings. The maximum Gasteiger partial charge on any atom is 0.207 e. The molecular weight excluding hydrogens is 568 g/mol. The lowest BCUT2D eigenvalue weighted by Gasteiger charge is -2.25. The number of hydrogen-bond donors (Lipinski definition) is 2. The number of allylic oxidation sites excluding steroid dienone is 4. The van der Waals surface area contributed by atoms with Gasteiger partial charge in [-0.2, -0.15) is 5.10 Å². The van der Waals surface area contributed by atoms with Crippen molar-refractivity contribution in [2.24, 2.45) is 5.92 Å². The van der Waals surface area contributed by atoms with E-state index in [0.717, 1.165) is 59.2 Å². The molecule has 2 heterocycles. The third-order valence-corrected chi connectivity index (χ3v) is 7.08. The molecule has 1 saturated heterocycles. The third kappa shape index (κ3) is 13.0. The standard InChI is InChI=1S/C27H30F2N4O.C7H13N.C3H6/c1-20(2)17-21(3)32(16-13-30-19-34)14-4-15-33-27(23-7-11-25(29)12-8-23)18-26(31-33)22-5-9-24(28)10-6-22;1-3-7-4-6(2)8-5-7;1-3-2/h5-12,17-19H,3-4,13-16H2,1-2H3,(H,30,34);7-8H,2-5H2,1H3;3H,1H2,2H3. The van der Waals surface area contributed by atoms with Crippen LogP contribution in [0.25, 0.3) is 22.5 Å². The van der Waals surface area contributed by atoms with Gasteiger partial charge in [0.15, 0.2) is 0 Å². The van der Waals surface area contributed by atoms with Crippen LogP contribution < -0.4 is 10.6 Å². The molecule has 1 aliphatic heterocycles. The fraction of sp³-hybridized carbons (Fsp3) is 0.351. The first kappa shape index (κ1) is 36.7. The molecule has 1 aliphatic rings. The van der Waals surface area contributed by atoms with Crippen molar-refractivity contribution in [3.8, 4) is 22.5 Å². The zero-order valence-electron chi connectivity index (χ0n) is 27.3. The number of nitrogens with zero attached hydrogens (tertiary/aromatic N) is 3. The van der Waals surface area contributed by atoms with Gasteiger partial charge in [0.1, 0.15) is 11.6 Å². The summed E-state index contributed by atoms with van der Waals surface area (Å²) in [6, 6.07) is 14.5.